The Balaban J connectivity index is -0.000000784. The molecule has 0 radical (unpaired) electrons. The highest BCUT2D eigenvalue weighted by Gasteiger charge is 2.15. The molecular weight excluding hydrogens is 669 g/mol. The first-order valence-electron chi connectivity index (χ1n) is 12.6. The first-order valence-corrected chi connectivity index (χ1v) is 15.6. The molecule has 4 aromatic rings. The van der Waals surface area contributed by atoms with Gasteiger partial charge < -0.3 is 0 Å². The van der Waals surface area contributed by atoms with Crippen LogP contribution in [0.3, 0.4) is 0 Å². The summed E-state index contributed by atoms with van der Waals surface area (Å²) < 4.78 is 54.1. The van der Waals surface area contributed by atoms with Gasteiger partial charge in [-0.2, -0.15) is 0 Å². The molecule has 0 aliphatic rings. The minimum absolute atomic E-state index is 0. The molecule has 2 amide bonds. The van der Waals surface area contributed by atoms with E-state index in [1.54, 1.807) is 84.9 Å². The first kappa shape index (κ1) is 48.1. The average molecular weight is 717 g/mol. The SMILES string of the molecule is C.C.C.C.C.O=C(/C=C/c1cccc(S(=O)(=O)Nc2ccccc2)c1)NO.O=C(/C=C/c1cccc(S(=O)(=O)Nc2ccccc2)c1)NO. The highest BCUT2D eigenvalue weighted by atomic mass is 32.2. The highest BCUT2D eigenvalue weighted by molar-refractivity contribution is 7.93. The van der Waals surface area contributed by atoms with Crippen molar-refractivity contribution in [3.05, 3.63) is 132 Å². The predicted molar refractivity (Wildman–Crippen MR) is 199 cm³/mol. The van der Waals surface area contributed by atoms with Crippen molar-refractivity contribution in [2.45, 2.75) is 46.9 Å². The van der Waals surface area contributed by atoms with Crippen molar-refractivity contribution in [3.63, 3.8) is 0 Å². The minimum atomic E-state index is -3.71. The molecule has 0 atom stereocenters. The van der Waals surface area contributed by atoms with Crippen LogP contribution in [-0.2, 0) is 29.6 Å². The number of amides is 2. The van der Waals surface area contributed by atoms with Crippen LogP contribution in [0.5, 0.6) is 0 Å². The smallest absolute Gasteiger partial charge is 0.267 e. The Morgan fingerprint density at radius 3 is 1.12 bits per heavy atom. The largest absolute Gasteiger partial charge is 0.288 e. The fourth-order valence-electron chi connectivity index (χ4n) is 3.43. The molecule has 0 aliphatic heterocycles. The number of para-hydroxylation sites is 2. The first-order chi connectivity index (χ1) is 21.0. The van der Waals surface area contributed by atoms with E-state index in [9.17, 15) is 26.4 Å². The summed E-state index contributed by atoms with van der Waals surface area (Å²) in [6.45, 7) is 0. The third-order valence-electron chi connectivity index (χ3n) is 5.46. The van der Waals surface area contributed by atoms with Gasteiger partial charge in [-0.3, -0.25) is 29.4 Å². The minimum Gasteiger partial charge on any atom is -0.288 e. The summed E-state index contributed by atoms with van der Waals surface area (Å²) in [4.78, 5) is 22.0. The highest BCUT2D eigenvalue weighted by Crippen LogP contribution is 2.19. The van der Waals surface area contributed by atoms with Crippen LogP contribution in [0.15, 0.2) is 131 Å². The van der Waals surface area contributed by atoms with Crippen LogP contribution in [0.25, 0.3) is 12.2 Å². The topological polar surface area (TPSA) is 191 Å². The zero-order valence-electron chi connectivity index (χ0n) is 22.9. The van der Waals surface area contributed by atoms with Gasteiger partial charge in [0.1, 0.15) is 0 Å². The molecule has 0 fully saturated rings. The summed E-state index contributed by atoms with van der Waals surface area (Å²) in [7, 11) is -7.43. The van der Waals surface area contributed by atoms with Gasteiger partial charge in [-0.1, -0.05) is 97.8 Å². The molecule has 49 heavy (non-hydrogen) atoms. The van der Waals surface area contributed by atoms with Crippen molar-refractivity contribution in [1.29, 1.82) is 0 Å². The van der Waals surface area contributed by atoms with Crippen LogP contribution >= 0.6 is 0 Å². The van der Waals surface area contributed by atoms with Gasteiger partial charge in [0, 0.05) is 23.5 Å². The van der Waals surface area contributed by atoms with Gasteiger partial charge in [-0.15, -0.1) is 0 Å². The van der Waals surface area contributed by atoms with E-state index in [1.165, 1.54) is 47.4 Å². The van der Waals surface area contributed by atoms with Gasteiger partial charge in [0.25, 0.3) is 31.9 Å². The zero-order chi connectivity index (χ0) is 32.0. The van der Waals surface area contributed by atoms with Crippen molar-refractivity contribution >= 4 is 55.4 Å². The van der Waals surface area contributed by atoms with Crippen LogP contribution < -0.4 is 20.4 Å². The Kier molecular flexibility index (Phi) is 22.7. The van der Waals surface area contributed by atoms with Crippen molar-refractivity contribution in [2.75, 3.05) is 9.44 Å². The number of carbonyl (C=O) groups is 2. The maximum atomic E-state index is 12.3. The summed E-state index contributed by atoms with van der Waals surface area (Å²) >= 11 is 0. The van der Waals surface area contributed by atoms with E-state index in [0.29, 0.717) is 22.5 Å². The molecule has 4 aromatic carbocycles. The van der Waals surface area contributed by atoms with E-state index in [1.807, 2.05) is 0 Å². The lowest BCUT2D eigenvalue weighted by atomic mass is 10.2. The Hall–Kier alpha value is -5.28. The standard InChI is InChI=1S/2C15H14N2O4S.5CH4/c2*18-15(16-19)10-9-12-5-4-8-14(11-12)22(20,21)17-13-6-2-1-3-7-13;;;;;/h2*1-11,17,19H,(H,16,18);5*1H4/b2*10-9+;;;;;. The summed E-state index contributed by atoms with van der Waals surface area (Å²) in [5.41, 5.74) is 4.86. The molecule has 4 rings (SSSR count). The molecule has 0 aliphatic carbocycles. The number of benzene rings is 4. The maximum Gasteiger partial charge on any atom is 0.267 e. The fraction of sp³-hybridized carbons (Fsp3) is 0.143. The normalized spacial score (nSPS) is 10.2. The van der Waals surface area contributed by atoms with Gasteiger partial charge in [-0.05, 0) is 71.8 Å². The van der Waals surface area contributed by atoms with Gasteiger partial charge in [-0.25, -0.2) is 27.8 Å². The summed E-state index contributed by atoms with van der Waals surface area (Å²) in [6, 6.07) is 29.2. The van der Waals surface area contributed by atoms with E-state index >= 15 is 0 Å². The van der Waals surface area contributed by atoms with E-state index < -0.39 is 31.9 Å². The van der Waals surface area contributed by atoms with Crippen LogP contribution in [-0.4, -0.2) is 39.1 Å². The third kappa shape index (κ3) is 15.9. The van der Waals surface area contributed by atoms with Gasteiger partial charge in [0.05, 0.1) is 9.79 Å². The molecule has 6 N–H and O–H groups in total. The molecule has 0 saturated heterocycles. The Labute approximate surface area is 291 Å². The predicted octanol–water partition coefficient (Wildman–Crippen LogP) is 7.19. The monoisotopic (exact) mass is 716 g/mol. The Morgan fingerprint density at radius 2 is 0.816 bits per heavy atom. The second-order valence-corrected chi connectivity index (χ2v) is 12.1. The second-order valence-electron chi connectivity index (χ2n) is 8.71. The molecule has 14 heteroatoms. The lowest BCUT2D eigenvalue weighted by Gasteiger charge is -2.08. The average Bonchev–Trinajstić information content (AvgIpc) is 3.03. The number of anilines is 2. The molecule has 0 saturated carbocycles. The van der Waals surface area contributed by atoms with Crippen molar-refractivity contribution in [3.8, 4) is 0 Å². The van der Waals surface area contributed by atoms with Crippen LogP contribution in [0.4, 0.5) is 11.4 Å². The Morgan fingerprint density at radius 1 is 0.490 bits per heavy atom. The van der Waals surface area contributed by atoms with Gasteiger partial charge in [0.15, 0.2) is 0 Å². The summed E-state index contributed by atoms with van der Waals surface area (Å²) in [5.74, 6) is -1.40. The van der Waals surface area contributed by atoms with E-state index in [0.717, 1.165) is 12.2 Å². The van der Waals surface area contributed by atoms with E-state index in [-0.39, 0.29) is 46.9 Å². The maximum absolute atomic E-state index is 12.3. The number of hydrogen-bond acceptors (Lipinski definition) is 8. The lowest BCUT2D eigenvalue weighted by Crippen LogP contribution is -2.15. The van der Waals surface area contributed by atoms with Crippen molar-refractivity contribution in [1.82, 2.24) is 11.0 Å². The van der Waals surface area contributed by atoms with Crippen molar-refractivity contribution in [2.24, 2.45) is 0 Å². The number of sulfonamides is 2. The summed E-state index contributed by atoms with van der Waals surface area (Å²) in [5, 5.41) is 16.8. The number of carbonyl (C=O) groups excluding carboxylic acids is 2. The molecular formula is C35H48N4O8S2. The molecule has 0 aromatic heterocycles. The fourth-order valence-corrected chi connectivity index (χ4v) is 5.66. The number of hydroxylamine groups is 2. The van der Waals surface area contributed by atoms with Crippen molar-refractivity contribution < 1.29 is 36.8 Å². The van der Waals surface area contributed by atoms with Crippen LogP contribution in [0.2, 0.25) is 0 Å². The quantitative estimate of drug-likeness (QED) is 0.0564. The lowest BCUT2D eigenvalue weighted by molar-refractivity contribution is -0.124. The van der Waals surface area contributed by atoms with Gasteiger partial charge >= 0.3 is 0 Å². The molecule has 0 heterocycles. The number of rotatable bonds is 10. The number of hydrogen-bond donors (Lipinski definition) is 6. The molecule has 0 bridgehead atoms. The summed E-state index contributed by atoms with van der Waals surface area (Å²) in [6.07, 6.45) is 4.98. The molecule has 12 nitrogen and oxygen atoms in total. The van der Waals surface area contributed by atoms with Crippen LogP contribution in [0, 0.1) is 0 Å². The van der Waals surface area contributed by atoms with Gasteiger partial charge in [0.2, 0.25) is 0 Å². The zero-order valence-corrected chi connectivity index (χ0v) is 24.5. The molecule has 0 spiro atoms. The number of nitrogens with one attached hydrogen (secondary N) is 4. The second kappa shape index (κ2) is 23.1. The molecule has 0 unspecified atom stereocenters. The Bertz CT molecular complexity index is 1710. The van der Waals surface area contributed by atoms with E-state index in [4.69, 9.17) is 10.4 Å². The third-order valence-corrected chi connectivity index (χ3v) is 8.22. The molecule has 268 valence electrons. The van der Waals surface area contributed by atoms with Crippen LogP contribution in [0.1, 0.15) is 48.3 Å². The van der Waals surface area contributed by atoms with E-state index in [2.05, 4.69) is 9.44 Å².